The molecule has 0 saturated carbocycles. The summed E-state index contributed by atoms with van der Waals surface area (Å²) in [6.45, 7) is 6.21. The van der Waals surface area contributed by atoms with Gasteiger partial charge in [-0.1, -0.05) is 32.1 Å². The first kappa shape index (κ1) is 19.5. The number of hydrogen-bond acceptors (Lipinski definition) is 4. The number of amides is 2. The van der Waals surface area contributed by atoms with Crippen molar-refractivity contribution < 1.29 is 19.1 Å². The lowest BCUT2D eigenvalue weighted by molar-refractivity contribution is -0.125. The van der Waals surface area contributed by atoms with Crippen LogP contribution in [-0.4, -0.2) is 38.6 Å². The van der Waals surface area contributed by atoms with Crippen LogP contribution in [0, 0.1) is 5.92 Å². The highest BCUT2D eigenvalue weighted by molar-refractivity contribution is 5.79. The Kier molecular flexibility index (Phi) is 8.39. The summed E-state index contributed by atoms with van der Waals surface area (Å²) in [5, 5.41) is 5.41. The molecule has 0 saturated heterocycles. The normalized spacial score (nSPS) is 10.7. The lowest BCUT2D eigenvalue weighted by Gasteiger charge is -2.12. The van der Waals surface area contributed by atoms with Gasteiger partial charge in [-0.2, -0.15) is 0 Å². The van der Waals surface area contributed by atoms with E-state index in [4.69, 9.17) is 9.47 Å². The van der Waals surface area contributed by atoms with Crippen LogP contribution in [0.5, 0.6) is 11.5 Å². The van der Waals surface area contributed by atoms with Crippen molar-refractivity contribution >= 4 is 17.9 Å². The van der Waals surface area contributed by atoms with Crippen molar-refractivity contribution in [2.75, 3.05) is 26.8 Å². The monoisotopic (exact) mass is 334 g/mol. The Bertz CT molecular complexity index is 582. The molecule has 6 nitrogen and oxygen atoms in total. The Morgan fingerprint density at radius 2 is 1.88 bits per heavy atom. The third kappa shape index (κ3) is 6.73. The van der Waals surface area contributed by atoms with Crippen molar-refractivity contribution in [3.05, 3.63) is 29.8 Å². The van der Waals surface area contributed by atoms with Gasteiger partial charge < -0.3 is 20.1 Å². The third-order valence-corrected chi connectivity index (χ3v) is 3.18. The highest BCUT2D eigenvalue weighted by Crippen LogP contribution is 2.28. The third-order valence-electron chi connectivity index (χ3n) is 3.18. The molecule has 2 amide bonds. The smallest absolute Gasteiger partial charge is 0.258 e. The number of hydrogen-bond donors (Lipinski definition) is 2. The number of methoxy groups -OCH3 is 1. The van der Waals surface area contributed by atoms with E-state index in [2.05, 4.69) is 10.6 Å². The molecule has 0 radical (unpaired) electrons. The molecular formula is C18H26N2O4. The minimum atomic E-state index is -0.256. The van der Waals surface area contributed by atoms with Crippen LogP contribution in [0.1, 0.15) is 26.3 Å². The average Bonchev–Trinajstić information content (AvgIpc) is 2.57. The standard InChI is InChI=1S/C18H26N2O4/c1-5-6-14-7-8-15(16(11-14)23-4)24-12-17(21)19-9-10-20-18(22)13(2)3/h5-8,11,13H,9-10,12H2,1-4H3,(H,19,21)(H,20,22). The van der Waals surface area contributed by atoms with Crippen LogP contribution in [-0.2, 0) is 9.59 Å². The Morgan fingerprint density at radius 1 is 1.17 bits per heavy atom. The fourth-order valence-electron chi connectivity index (χ4n) is 1.89. The Labute approximate surface area is 143 Å². The quantitative estimate of drug-likeness (QED) is 0.677. The van der Waals surface area contributed by atoms with Crippen LogP contribution in [0.3, 0.4) is 0 Å². The second kappa shape index (κ2) is 10.3. The van der Waals surface area contributed by atoms with Crippen LogP contribution in [0.2, 0.25) is 0 Å². The molecule has 24 heavy (non-hydrogen) atoms. The van der Waals surface area contributed by atoms with E-state index >= 15 is 0 Å². The molecular weight excluding hydrogens is 308 g/mol. The highest BCUT2D eigenvalue weighted by atomic mass is 16.5. The van der Waals surface area contributed by atoms with Gasteiger partial charge in [-0.05, 0) is 24.6 Å². The molecule has 1 aromatic rings. The van der Waals surface area contributed by atoms with E-state index in [1.54, 1.807) is 13.2 Å². The van der Waals surface area contributed by atoms with Gasteiger partial charge in [0.25, 0.3) is 5.91 Å². The van der Waals surface area contributed by atoms with E-state index in [0.29, 0.717) is 24.6 Å². The summed E-state index contributed by atoms with van der Waals surface area (Å²) in [4.78, 5) is 23.1. The number of nitrogens with one attached hydrogen (secondary N) is 2. The average molecular weight is 334 g/mol. The zero-order valence-electron chi connectivity index (χ0n) is 14.7. The van der Waals surface area contributed by atoms with Crippen molar-refractivity contribution in [3.63, 3.8) is 0 Å². The minimum absolute atomic E-state index is 0.0357. The fourth-order valence-corrected chi connectivity index (χ4v) is 1.89. The predicted octanol–water partition coefficient (Wildman–Crippen LogP) is 2.00. The first-order valence-electron chi connectivity index (χ1n) is 7.95. The first-order chi connectivity index (χ1) is 11.5. The number of rotatable bonds is 9. The number of benzene rings is 1. The topological polar surface area (TPSA) is 76.7 Å². The SMILES string of the molecule is CC=Cc1ccc(OCC(=O)NCCNC(=O)C(C)C)c(OC)c1. The van der Waals surface area contributed by atoms with Gasteiger partial charge in [-0.15, -0.1) is 0 Å². The molecule has 132 valence electrons. The number of allylic oxidation sites excluding steroid dienone is 1. The van der Waals surface area contributed by atoms with Crippen molar-refractivity contribution in [1.29, 1.82) is 0 Å². The summed E-state index contributed by atoms with van der Waals surface area (Å²) < 4.78 is 10.8. The molecule has 0 bridgehead atoms. The summed E-state index contributed by atoms with van der Waals surface area (Å²) in [7, 11) is 1.55. The Balaban J connectivity index is 2.40. The fraction of sp³-hybridized carbons (Fsp3) is 0.444. The van der Waals surface area contributed by atoms with E-state index in [9.17, 15) is 9.59 Å². The Hall–Kier alpha value is -2.50. The van der Waals surface area contributed by atoms with Gasteiger partial charge in [-0.25, -0.2) is 0 Å². The molecule has 0 unspecified atom stereocenters. The Morgan fingerprint density at radius 3 is 2.50 bits per heavy atom. The van der Waals surface area contributed by atoms with Crippen LogP contribution < -0.4 is 20.1 Å². The lowest BCUT2D eigenvalue weighted by Crippen LogP contribution is -2.38. The van der Waals surface area contributed by atoms with Gasteiger partial charge in [0.1, 0.15) is 0 Å². The molecule has 6 heteroatoms. The molecule has 0 aliphatic rings. The number of carbonyl (C=O) groups excluding carboxylic acids is 2. The first-order valence-corrected chi connectivity index (χ1v) is 7.95. The van der Waals surface area contributed by atoms with Crippen LogP contribution in [0.15, 0.2) is 24.3 Å². The minimum Gasteiger partial charge on any atom is -0.493 e. The van der Waals surface area contributed by atoms with Gasteiger partial charge >= 0.3 is 0 Å². The van der Waals surface area contributed by atoms with Crippen molar-refractivity contribution in [1.82, 2.24) is 10.6 Å². The van der Waals surface area contributed by atoms with Gasteiger partial charge in [-0.3, -0.25) is 9.59 Å². The predicted molar refractivity (Wildman–Crippen MR) is 94.1 cm³/mol. The molecule has 2 N–H and O–H groups in total. The van der Waals surface area contributed by atoms with Gasteiger partial charge in [0, 0.05) is 19.0 Å². The number of ether oxygens (including phenoxy) is 2. The molecule has 0 aliphatic carbocycles. The maximum absolute atomic E-state index is 11.8. The summed E-state index contributed by atoms with van der Waals surface area (Å²) >= 11 is 0. The summed E-state index contributed by atoms with van der Waals surface area (Å²) in [5.74, 6) is 0.721. The van der Waals surface area contributed by atoms with Crippen LogP contribution in [0.4, 0.5) is 0 Å². The largest absolute Gasteiger partial charge is 0.493 e. The van der Waals surface area contributed by atoms with Gasteiger partial charge in [0.15, 0.2) is 18.1 Å². The second-order valence-electron chi connectivity index (χ2n) is 5.49. The van der Waals surface area contributed by atoms with E-state index < -0.39 is 0 Å². The van der Waals surface area contributed by atoms with E-state index in [-0.39, 0.29) is 24.3 Å². The second-order valence-corrected chi connectivity index (χ2v) is 5.49. The molecule has 1 aromatic carbocycles. The summed E-state index contributed by atoms with van der Waals surface area (Å²) in [6, 6.07) is 5.50. The molecule has 0 atom stereocenters. The molecule has 0 fully saturated rings. The van der Waals surface area contributed by atoms with Gasteiger partial charge in [0.2, 0.25) is 5.91 Å². The summed E-state index contributed by atoms with van der Waals surface area (Å²) in [6.07, 6.45) is 3.88. The van der Waals surface area contributed by atoms with Crippen molar-refractivity contribution in [2.24, 2.45) is 5.92 Å². The van der Waals surface area contributed by atoms with Crippen molar-refractivity contribution in [3.8, 4) is 11.5 Å². The summed E-state index contributed by atoms with van der Waals surface area (Å²) in [5.41, 5.74) is 0.993. The van der Waals surface area contributed by atoms with E-state index in [1.807, 2.05) is 45.1 Å². The molecule has 0 spiro atoms. The molecule has 0 heterocycles. The highest BCUT2D eigenvalue weighted by Gasteiger charge is 2.09. The molecule has 0 aliphatic heterocycles. The maximum atomic E-state index is 11.8. The maximum Gasteiger partial charge on any atom is 0.258 e. The lowest BCUT2D eigenvalue weighted by atomic mass is 10.2. The van der Waals surface area contributed by atoms with Crippen LogP contribution in [0.25, 0.3) is 6.08 Å². The van der Waals surface area contributed by atoms with Crippen molar-refractivity contribution in [2.45, 2.75) is 20.8 Å². The zero-order valence-corrected chi connectivity index (χ0v) is 14.7. The van der Waals surface area contributed by atoms with E-state index in [0.717, 1.165) is 5.56 Å². The van der Waals surface area contributed by atoms with Crippen LogP contribution >= 0.6 is 0 Å². The van der Waals surface area contributed by atoms with Gasteiger partial charge in [0.05, 0.1) is 7.11 Å². The molecule has 1 rings (SSSR count). The zero-order chi connectivity index (χ0) is 17.9. The van der Waals surface area contributed by atoms with E-state index in [1.165, 1.54) is 0 Å². The molecule has 0 aromatic heterocycles. The number of carbonyl (C=O) groups is 2.